The van der Waals surface area contributed by atoms with Crippen LogP contribution in [-0.4, -0.2) is 12.0 Å². The Labute approximate surface area is 135 Å². The van der Waals surface area contributed by atoms with Crippen molar-refractivity contribution in [2.75, 3.05) is 6.26 Å². The molecule has 0 heterocycles. The lowest BCUT2D eigenvalue weighted by Gasteiger charge is -2.13. The van der Waals surface area contributed by atoms with Crippen molar-refractivity contribution in [3.05, 3.63) is 64.2 Å². The van der Waals surface area contributed by atoms with Gasteiger partial charge in [0.2, 0.25) is 0 Å². The molecule has 6 heteroatoms. The number of benzene rings is 2. The van der Waals surface area contributed by atoms with Gasteiger partial charge in [0.05, 0.1) is 5.56 Å². The van der Waals surface area contributed by atoms with Crippen LogP contribution in [0.4, 0.5) is 13.2 Å². The van der Waals surface area contributed by atoms with E-state index in [0.717, 1.165) is 6.07 Å². The highest BCUT2D eigenvalue weighted by Crippen LogP contribution is 2.34. The Morgan fingerprint density at radius 1 is 1.14 bits per heavy atom. The molecule has 0 unspecified atom stereocenters. The molecule has 0 aliphatic carbocycles. The van der Waals surface area contributed by atoms with E-state index in [9.17, 15) is 18.0 Å². The second-order valence-electron chi connectivity index (χ2n) is 4.63. The summed E-state index contributed by atoms with van der Waals surface area (Å²) in [5.41, 5.74) is -0.445. The first-order valence-electron chi connectivity index (χ1n) is 6.34. The molecule has 2 rings (SSSR count). The molecule has 0 spiro atoms. The molecular formula is C16H12ClF3OS. The molecule has 0 aliphatic rings. The van der Waals surface area contributed by atoms with E-state index in [2.05, 4.69) is 0 Å². The Kier molecular flexibility index (Phi) is 5.19. The summed E-state index contributed by atoms with van der Waals surface area (Å²) in [6.45, 7) is 0. The Balaban J connectivity index is 2.34. The second-order valence-corrected chi connectivity index (χ2v) is 5.94. The monoisotopic (exact) mass is 344 g/mol. The van der Waals surface area contributed by atoms with Crippen LogP contribution < -0.4 is 0 Å². The molecular weight excluding hydrogens is 333 g/mol. The number of halogens is 4. The molecule has 0 aliphatic heterocycles. The largest absolute Gasteiger partial charge is 0.416 e. The highest BCUT2D eigenvalue weighted by Gasteiger charge is 2.33. The fourth-order valence-corrected chi connectivity index (χ4v) is 2.62. The number of ketones is 1. The van der Waals surface area contributed by atoms with Crippen molar-refractivity contribution >= 4 is 29.1 Å². The van der Waals surface area contributed by atoms with Crippen LogP contribution in [0.2, 0.25) is 5.02 Å². The van der Waals surface area contributed by atoms with Gasteiger partial charge < -0.3 is 0 Å². The van der Waals surface area contributed by atoms with Crippen LogP contribution in [0.3, 0.4) is 0 Å². The number of alkyl halides is 3. The smallest absolute Gasteiger partial charge is 0.294 e. The van der Waals surface area contributed by atoms with Gasteiger partial charge in [-0.15, -0.1) is 11.8 Å². The van der Waals surface area contributed by atoms with Crippen LogP contribution in [0.1, 0.15) is 21.5 Å². The molecule has 0 saturated carbocycles. The fraction of sp³-hybridized carbons (Fsp3) is 0.188. The number of hydrogen-bond donors (Lipinski definition) is 0. The van der Waals surface area contributed by atoms with Gasteiger partial charge in [-0.2, -0.15) is 13.2 Å². The van der Waals surface area contributed by atoms with E-state index in [-0.39, 0.29) is 17.8 Å². The maximum atomic E-state index is 13.1. The zero-order valence-electron chi connectivity index (χ0n) is 11.6. The van der Waals surface area contributed by atoms with Gasteiger partial charge >= 0.3 is 6.18 Å². The minimum Gasteiger partial charge on any atom is -0.294 e. The number of Topliss-reactive ketones (excluding diaryl/α,β-unsaturated/α-hetero) is 1. The first-order chi connectivity index (χ1) is 10.3. The van der Waals surface area contributed by atoms with E-state index in [1.54, 1.807) is 6.26 Å². The maximum Gasteiger partial charge on any atom is 0.416 e. The average molecular weight is 345 g/mol. The van der Waals surface area contributed by atoms with Crippen molar-refractivity contribution in [2.24, 2.45) is 0 Å². The van der Waals surface area contributed by atoms with E-state index in [4.69, 9.17) is 11.6 Å². The fourth-order valence-electron chi connectivity index (χ4n) is 2.03. The Hall–Kier alpha value is -1.46. The molecule has 0 amide bonds. The molecule has 0 fully saturated rings. The topological polar surface area (TPSA) is 17.1 Å². The summed E-state index contributed by atoms with van der Waals surface area (Å²) < 4.78 is 39.2. The van der Waals surface area contributed by atoms with Crippen molar-refractivity contribution in [1.82, 2.24) is 0 Å². The normalized spacial score (nSPS) is 11.5. The lowest BCUT2D eigenvalue weighted by atomic mass is 9.98. The molecule has 0 N–H and O–H groups in total. The van der Waals surface area contributed by atoms with Gasteiger partial charge in [-0.3, -0.25) is 4.79 Å². The summed E-state index contributed by atoms with van der Waals surface area (Å²) in [6.07, 6.45) is -3.01. The summed E-state index contributed by atoms with van der Waals surface area (Å²) in [4.78, 5) is 12.9. The van der Waals surface area contributed by atoms with E-state index in [0.29, 0.717) is 15.5 Å². The van der Waals surface area contributed by atoms with Crippen LogP contribution in [0, 0.1) is 0 Å². The minimum atomic E-state index is -4.48. The molecule has 0 bridgehead atoms. The Morgan fingerprint density at radius 3 is 2.32 bits per heavy atom. The van der Waals surface area contributed by atoms with E-state index >= 15 is 0 Å². The molecule has 2 aromatic rings. The van der Waals surface area contributed by atoms with Crippen LogP contribution in [0.15, 0.2) is 47.4 Å². The predicted octanol–water partition coefficient (Wildman–Crippen LogP) is 5.51. The molecule has 116 valence electrons. The molecule has 22 heavy (non-hydrogen) atoms. The number of carbonyl (C=O) groups is 1. The highest BCUT2D eigenvalue weighted by atomic mass is 35.5. The Bertz CT molecular complexity index is 681. The van der Waals surface area contributed by atoms with E-state index < -0.39 is 11.7 Å². The first kappa shape index (κ1) is 16.9. The summed E-state index contributed by atoms with van der Waals surface area (Å²) in [5.74, 6) is -0.375. The van der Waals surface area contributed by atoms with Crippen LogP contribution in [0.5, 0.6) is 0 Å². The number of rotatable bonds is 4. The van der Waals surface area contributed by atoms with E-state index in [1.165, 1.54) is 48.2 Å². The minimum absolute atomic E-state index is 0.0145. The van der Waals surface area contributed by atoms with Crippen molar-refractivity contribution in [1.29, 1.82) is 0 Å². The van der Waals surface area contributed by atoms with Crippen molar-refractivity contribution in [2.45, 2.75) is 17.5 Å². The summed E-state index contributed by atoms with van der Waals surface area (Å²) in [5, 5.41) is 0.469. The quantitative estimate of drug-likeness (QED) is 0.537. The molecule has 1 nitrogen and oxygen atoms in total. The summed E-state index contributed by atoms with van der Waals surface area (Å²) in [6, 6.07) is 9.95. The van der Waals surface area contributed by atoms with Gasteiger partial charge in [-0.1, -0.05) is 11.6 Å². The summed E-state index contributed by atoms with van der Waals surface area (Å²) in [7, 11) is 0. The zero-order chi connectivity index (χ0) is 16.3. The highest BCUT2D eigenvalue weighted by molar-refractivity contribution is 7.98. The SMILES string of the molecule is CSc1ccc(C(F)(F)F)c(CC(=O)c2ccc(Cl)cc2)c1. The third-order valence-corrected chi connectivity index (χ3v) is 4.11. The van der Waals surface area contributed by atoms with E-state index in [1.807, 2.05) is 0 Å². The van der Waals surface area contributed by atoms with Crippen molar-refractivity contribution in [3.63, 3.8) is 0 Å². The van der Waals surface area contributed by atoms with Crippen molar-refractivity contribution in [3.8, 4) is 0 Å². The standard InChI is InChI=1S/C16H12ClF3OS/c1-22-13-6-7-14(16(18,19)20)11(8-13)9-15(21)10-2-4-12(17)5-3-10/h2-8H,9H2,1H3. The third kappa shape index (κ3) is 4.05. The van der Waals surface area contributed by atoms with Crippen LogP contribution in [-0.2, 0) is 12.6 Å². The first-order valence-corrected chi connectivity index (χ1v) is 7.94. The molecule has 2 aromatic carbocycles. The van der Waals surface area contributed by atoms with Gasteiger partial charge in [-0.05, 0) is 54.3 Å². The van der Waals surface area contributed by atoms with Crippen LogP contribution >= 0.6 is 23.4 Å². The van der Waals surface area contributed by atoms with Gasteiger partial charge in [0.1, 0.15) is 0 Å². The predicted molar refractivity (Wildman–Crippen MR) is 82.7 cm³/mol. The van der Waals surface area contributed by atoms with Gasteiger partial charge in [0.25, 0.3) is 0 Å². The third-order valence-electron chi connectivity index (χ3n) is 3.14. The molecule has 0 aromatic heterocycles. The molecule has 0 atom stereocenters. The van der Waals surface area contributed by atoms with Gasteiger partial charge in [0.15, 0.2) is 5.78 Å². The molecule has 0 radical (unpaired) electrons. The van der Waals surface area contributed by atoms with Gasteiger partial charge in [0, 0.05) is 21.9 Å². The Morgan fingerprint density at radius 2 is 1.77 bits per heavy atom. The molecule has 0 saturated heterocycles. The number of thioether (sulfide) groups is 1. The van der Waals surface area contributed by atoms with Crippen molar-refractivity contribution < 1.29 is 18.0 Å². The lowest BCUT2D eigenvalue weighted by molar-refractivity contribution is -0.138. The average Bonchev–Trinajstić information content (AvgIpc) is 2.46. The van der Waals surface area contributed by atoms with Gasteiger partial charge in [-0.25, -0.2) is 0 Å². The lowest BCUT2D eigenvalue weighted by Crippen LogP contribution is -2.13. The summed E-state index contributed by atoms with van der Waals surface area (Å²) >= 11 is 7.07. The zero-order valence-corrected chi connectivity index (χ0v) is 13.1. The second kappa shape index (κ2) is 6.75. The maximum absolute atomic E-state index is 13.1. The number of carbonyl (C=O) groups excluding carboxylic acids is 1. The number of hydrogen-bond acceptors (Lipinski definition) is 2. The van der Waals surface area contributed by atoms with Crippen LogP contribution in [0.25, 0.3) is 0 Å².